The van der Waals surface area contributed by atoms with Crippen molar-refractivity contribution in [1.29, 1.82) is 0 Å². The Morgan fingerprint density at radius 1 is 1.39 bits per heavy atom. The van der Waals surface area contributed by atoms with Crippen LogP contribution >= 0.6 is 0 Å². The summed E-state index contributed by atoms with van der Waals surface area (Å²) in [5.74, 6) is 0.451. The van der Waals surface area contributed by atoms with Crippen molar-refractivity contribution < 1.29 is 9.66 Å². The summed E-state index contributed by atoms with van der Waals surface area (Å²) < 4.78 is 5.69. The van der Waals surface area contributed by atoms with E-state index in [1.807, 2.05) is 6.92 Å². The van der Waals surface area contributed by atoms with Gasteiger partial charge in [-0.3, -0.25) is 10.1 Å². The predicted molar refractivity (Wildman–Crippen MR) is 71.7 cm³/mol. The van der Waals surface area contributed by atoms with Crippen molar-refractivity contribution in [2.45, 2.75) is 33.5 Å². The van der Waals surface area contributed by atoms with E-state index >= 15 is 0 Å². The van der Waals surface area contributed by atoms with Crippen LogP contribution in [0.2, 0.25) is 0 Å². The monoisotopic (exact) mass is 252 g/mol. The van der Waals surface area contributed by atoms with Crippen LogP contribution in [0.15, 0.2) is 18.2 Å². The van der Waals surface area contributed by atoms with E-state index < -0.39 is 4.92 Å². The van der Waals surface area contributed by atoms with Gasteiger partial charge in [-0.15, -0.1) is 0 Å². The van der Waals surface area contributed by atoms with Crippen molar-refractivity contribution in [1.82, 2.24) is 0 Å². The highest BCUT2D eigenvalue weighted by Gasteiger charge is 2.13. The third-order valence-corrected chi connectivity index (χ3v) is 2.98. The lowest BCUT2D eigenvalue weighted by atomic mass is 10.1. The fourth-order valence-electron chi connectivity index (χ4n) is 1.45. The van der Waals surface area contributed by atoms with Crippen molar-refractivity contribution in [3.63, 3.8) is 0 Å². The van der Waals surface area contributed by atoms with E-state index in [9.17, 15) is 10.1 Å². The second-order valence-electron chi connectivity index (χ2n) is 4.62. The van der Waals surface area contributed by atoms with Crippen molar-refractivity contribution >= 4 is 11.4 Å². The van der Waals surface area contributed by atoms with E-state index in [2.05, 4.69) is 19.2 Å². The Hall–Kier alpha value is -1.62. The smallest absolute Gasteiger partial charge is 0.292 e. The van der Waals surface area contributed by atoms with Crippen molar-refractivity contribution in [3.8, 4) is 0 Å². The topological polar surface area (TPSA) is 64.4 Å². The third-order valence-electron chi connectivity index (χ3n) is 2.98. The van der Waals surface area contributed by atoms with Gasteiger partial charge in [-0.25, -0.2) is 0 Å². The fourth-order valence-corrected chi connectivity index (χ4v) is 1.45. The van der Waals surface area contributed by atoms with E-state index in [0.29, 0.717) is 18.2 Å². The maximum Gasteiger partial charge on any atom is 0.292 e. The zero-order valence-corrected chi connectivity index (χ0v) is 11.3. The molecule has 0 aliphatic heterocycles. The highest BCUT2D eigenvalue weighted by molar-refractivity contribution is 5.62. The molecule has 0 aliphatic carbocycles. The summed E-state index contributed by atoms with van der Waals surface area (Å²) >= 11 is 0. The molecule has 1 atom stereocenters. The molecule has 0 radical (unpaired) electrons. The van der Waals surface area contributed by atoms with E-state index in [0.717, 1.165) is 5.56 Å². The van der Waals surface area contributed by atoms with Gasteiger partial charge in [0.15, 0.2) is 0 Å². The van der Waals surface area contributed by atoms with Crippen LogP contribution in [0, 0.1) is 16.0 Å². The lowest BCUT2D eigenvalue weighted by Gasteiger charge is -2.16. The van der Waals surface area contributed by atoms with Crippen LogP contribution in [0.4, 0.5) is 11.4 Å². The summed E-state index contributed by atoms with van der Waals surface area (Å²) in [6.45, 7) is 6.68. The first kappa shape index (κ1) is 14.4. The number of hydrogen-bond donors (Lipinski definition) is 1. The Bertz CT molecular complexity index is 419. The number of nitro groups is 1. The Kier molecular flexibility index (Phi) is 5.09. The molecule has 0 spiro atoms. The first-order valence-corrected chi connectivity index (χ1v) is 6.02. The minimum atomic E-state index is -0.396. The zero-order chi connectivity index (χ0) is 13.7. The molecule has 1 unspecified atom stereocenters. The molecule has 0 bridgehead atoms. The van der Waals surface area contributed by atoms with Gasteiger partial charge in [-0.2, -0.15) is 0 Å². The predicted octanol–water partition coefficient (Wildman–Crippen LogP) is 3.20. The minimum Gasteiger partial charge on any atom is -0.383 e. The van der Waals surface area contributed by atoms with Crippen molar-refractivity contribution in [2.24, 2.45) is 5.92 Å². The van der Waals surface area contributed by atoms with Crippen molar-refractivity contribution in [3.05, 3.63) is 33.9 Å². The minimum absolute atomic E-state index is 0.0816. The van der Waals surface area contributed by atoms with Gasteiger partial charge in [0.2, 0.25) is 0 Å². The van der Waals surface area contributed by atoms with E-state index in [-0.39, 0.29) is 11.8 Å². The first-order valence-electron chi connectivity index (χ1n) is 6.02. The molecule has 0 amide bonds. The highest BCUT2D eigenvalue weighted by atomic mass is 16.6. The molecule has 5 heteroatoms. The van der Waals surface area contributed by atoms with Gasteiger partial charge < -0.3 is 10.1 Å². The molecular weight excluding hydrogens is 232 g/mol. The number of rotatable bonds is 6. The van der Waals surface area contributed by atoms with E-state index in [1.54, 1.807) is 19.2 Å². The van der Waals surface area contributed by atoms with Crippen LogP contribution in [0.3, 0.4) is 0 Å². The summed E-state index contributed by atoms with van der Waals surface area (Å²) in [6, 6.07) is 4.99. The largest absolute Gasteiger partial charge is 0.383 e. The molecule has 0 aliphatic rings. The maximum atomic E-state index is 10.8. The SMILES string of the molecule is CNc1cc(COC(C)C(C)C)ccc1[N+](=O)[O-]. The molecule has 1 aromatic rings. The number of nitro benzene ring substituents is 1. The van der Waals surface area contributed by atoms with Crippen LogP contribution in [0.5, 0.6) is 0 Å². The van der Waals surface area contributed by atoms with Gasteiger partial charge in [-0.05, 0) is 30.5 Å². The first-order chi connectivity index (χ1) is 8.45. The molecule has 0 fully saturated rings. The van der Waals surface area contributed by atoms with E-state index in [1.165, 1.54) is 6.07 Å². The second kappa shape index (κ2) is 6.35. The van der Waals surface area contributed by atoms with Gasteiger partial charge in [0, 0.05) is 13.1 Å². The Balaban J connectivity index is 2.77. The summed E-state index contributed by atoms with van der Waals surface area (Å²) in [6.07, 6.45) is 0.165. The zero-order valence-electron chi connectivity index (χ0n) is 11.3. The summed E-state index contributed by atoms with van der Waals surface area (Å²) in [4.78, 5) is 10.4. The van der Waals surface area contributed by atoms with Crippen LogP contribution in [0.1, 0.15) is 26.3 Å². The van der Waals surface area contributed by atoms with Gasteiger partial charge in [0.1, 0.15) is 5.69 Å². The molecule has 0 heterocycles. The molecule has 0 aromatic heterocycles. The number of anilines is 1. The highest BCUT2D eigenvalue weighted by Crippen LogP contribution is 2.25. The van der Waals surface area contributed by atoms with Crippen LogP contribution in [-0.2, 0) is 11.3 Å². The number of hydrogen-bond acceptors (Lipinski definition) is 4. The lowest BCUT2D eigenvalue weighted by Crippen LogP contribution is -2.15. The molecule has 18 heavy (non-hydrogen) atoms. The number of benzene rings is 1. The number of nitrogens with one attached hydrogen (secondary N) is 1. The van der Waals surface area contributed by atoms with Crippen molar-refractivity contribution in [2.75, 3.05) is 12.4 Å². The molecule has 5 nitrogen and oxygen atoms in total. The molecule has 1 rings (SSSR count). The van der Waals surface area contributed by atoms with Gasteiger partial charge in [-0.1, -0.05) is 13.8 Å². The molecule has 1 N–H and O–H groups in total. The van der Waals surface area contributed by atoms with Crippen LogP contribution in [0.25, 0.3) is 0 Å². The van der Waals surface area contributed by atoms with Gasteiger partial charge in [0.25, 0.3) is 5.69 Å². The molecule has 0 saturated carbocycles. The maximum absolute atomic E-state index is 10.8. The summed E-state index contributed by atoms with van der Waals surface area (Å²) in [7, 11) is 1.67. The average molecular weight is 252 g/mol. The molecular formula is C13H20N2O3. The van der Waals surface area contributed by atoms with Crippen LogP contribution < -0.4 is 5.32 Å². The Labute approximate surface area is 107 Å². The average Bonchev–Trinajstić information content (AvgIpc) is 2.34. The Morgan fingerprint density at radius 3 is 2.56 bits per heavy atom. The standard InChI is InChI=1S/C13H20N2O3/c1-9(2)10(3)18-8-11-5-6-13(15(16)17)12(7-11)14-4/h5-7,9-10,14H,8H2,1-4H3. The Morgan fingerprint density at radius 2 is 2.06 bits per heavy atom. The molecule has 1 aromatic carbocycles. The number of nitrogens with zero attached hydrogens (tertiary/aromatic N) is 1. The number of ether oxygens (including phenoxy) is 1. The lowest BCUT2D eigenvalue weighted by molar-refractivity contribution is -0.384. The molecule has 100 valence electrons. The molecule has 0 saturated heterocycles. The van der Waals surface area contributed by atoms with Gasteiger partial charge in [0.05, 0.1) is 17.6 Å². The third kappa shape index (κ3) is 3.70. The summed E-state index contributed by atoms with van der Waals surface area (Å²) in [5.41, 5.74) is 1.52. The van der Waals surface area contributed by atoms with Crippen LogP contribution in [-0.4, -0.2) is 18.1 Å². The normalized spacial score (nSPS) is 12.5. The van der Waals surface area contributed by atoms with E-state index in [4.69, 9.17) is 4.74 Å². The quantitative estimate of drug-likeness (QED) is 0.623. The van der Waals surface area contributed by atoms with Gasteiger partial charge >= 0.3 is 0 Å². The summed E-state index contributed by atoms with van der Waals surface area (Å²) in [5, 5.41) is 13.6. The second-order valence-corrected chi connectivity index (χ2v) is 4.62. The fraction of sp³-hybridized carbons (Fsp3) is 0.538.